The van der Waals surface area contributed by atoms with Gasteiger partial charge in [-0.2, -0.15) is 5.26 Å². The topological polar surface area (TPSA) is 56.5 Å². The fraction of sp³-hybridized carbons (Fsp3) is 0.588. The average Bonchev–Trinajstić information content (AvgIpc) is 2.93. The smallest absolute Gasteiger partial charge is 0.120 e. The van der Waals surface area contributed by atoms with Gasteiger partial charge in [-0.1, -0.05) is 19.4 Å². The quantitative estimate of drug-likeness (QED) is 0.837. The summed E-state index contributed by atoms with van der Waals surface area (Å²) in [5.74, 6) is 1.42. The van der Waals surface area contributed by atoms with Crippen LogP contribution in [0.4, 0.5) is 0 Å². The molecule has 0 aliphatic carbocycles. The molecule has 2 atom stereocenters. The first kappa shape index (κ1) is 15.8. The Morgan fingerprint density at radius 3 is 3.14 bits per heavy atom. The highest BCUT2D eigenvalue weighted by molar-refractivity contribution is 5.36. The first-order valence-electron chi connectivity index (χ1n) is 7.74. The lowest BCUT2D eigenvalue weighted by atomic mass is 10.0. The van der Waals surface area contributed by atoms with Crippen molar-refractivity contribution >= 4 is 0 Å². The maximum Gasteiger partial charge on any atom is 0.120 e. The molecule has 1 N–H and O–H groups in total. The highest BCUT2D eigenvalue weighted by Gasteiger charge is 2.23. The van der Waals surface area contributed by atoms with Crippen molar-refractivity contribution in [2.24, 2.45) is 5.92 Å². The van der Waals surface area contributed by atoms with Crippen molar-refractivity contribution < 1.29 is 9.84 Å². The zero-order valence-electron chi connectivity index (χ0n) is 12.7. The van der Waals surface area contributed by atoms with E-state index in [9.17, 15) is 5.11 Å². The lowest BCUT2D eigenvalue weighted by molar-refractivity contribution is 0.0746. The van der Waals surface area contributed by atoms with Crippen LogP contribution in [0.2, 0.25) is 0 Å². The van der Waals surface area contributed by atoms with E-state index in [1.165, 1.54) is 19.3 Å². The van der Waals surface area contributed by atoms with Gasteiger partial charge in [0.25, 0.3) is 0 Å². The molecule has 1 fully saturated rings. The third-order valence-electron chi connectivity index (χ3n) is 3.94. The maximum absolute atomic E-state index is 10.1. The molecule has 1 aliphatic heterocycles. The van der Waals surface area contributed by atoms with Gasteiger partial charge >= 0.3 is 0 Å². The normalized spacial score (nSPS) is 20.1. The number of aliphatic hydroxyl groups excluding tert-OH is 1. The van der Waals surface area contributed by atoms with Crippen molar-refractivity contribution in [2.45, 2.75) is 32.3 Å². The van der Waals surface area contributed by atoms with Crippen LogP contribution in [-0.4, -0.2) is 42.4 Å². The zero-order valence-corrected chi connectivity index (χ0v) is 12.7. The Labute approximate surface area is 127 Å². The molecule has 1 heterocycles. The highest BCUT2D eigenvalue weighted by atomic mass is 16.5. The minimum Gasteiger partial charge on any atom is -0.491 e. The van der Waals surface area contributed by atoms with Crippen molar-refractivity contribution in [3.05, 3.63) is 29.8 Å². The number of likely N-dealkylation sites (tertiary alicyclic amines) is 1. The molecule has 1 aliphatic rings. The minimum atomic E-state index is -0.490. The molecule has 0 radical (unpaired) electrons. The molecule has 1 aromatic rings. The summed E-state index contributed by atoms with van der Waals surface area (Å²) in [6.07, 6.45) is 3.27. The highest BCUT2D eigenvalue weighted by Crippen LogP contribution is 2.21. The lowest BCUT2D eigenvalue weighted by Gasteiger charge is -2.20. The standard InChI is InChI=1S/C17H24N2O2/c1-2-4-14-7-8-19(11-14)12-16(20)13-21-17-6-3-5-15(9-17)10-18/h3,5-6,9,14,16,20H,2,4,7-8,11-13H2,1H3. The van der Waals surface area contributed by atoms with Crippen LogP contribution in [0.1, 0.15) is 31.7 Å². The molecule has 0 aromatic heterocycles. The van der Waals surface area contributed by atoms with E-state index in [-0.39, 0.29) is 6.61 Å². The third-order valence-corrected chi connectivity index (χ3v) is 3.94. The van der Waals surface area contributed by atoms with Gasteiger partial charge in [0, 0.05) is 13.1 Å². The molecule has 0 spiro atoms. The second-order valence-electron chi connectivity index (χ2n) is 5.81. The van der Waals surface area contributed by atoms with Crippen molar-refractivity contribution in [1.82, 2.24) is 4.90 Å². The van der Waals surface area contributed by atoms with Crippen LogP contribution in [0.15, 0.2) is 24.3 Å². The largest absolute Gasteiger partial charge is 0.491 e. The first-order valence-corrected chi connectivity index (χ1v) is 7.74. The van der Waals surface area contributed by atoms with Crippen LogP contribution >= 0.6 is 0 Å². The minimum absolute atomic E-state index is 0.268. The van der Waals surface area contributed by atoms with E-state index >= 15 is 0 Å². The van der Waals surface area contributed by atoms with Gasteiger partial charge in [-0.05, 0) is 43.5 Å². The molecule has 2 rings (SSSR count). The van der Waals surface area contributed by atoms with Crippen molar-refractivity contribution in [3.8, 4) is 11.8 Å². The summed E-state index contributed by atoms with van der Waals surface area (Å²) < 4.78 is 5.57. The molecule has 0 saturated carbocycles. The predicted molar refractivity (Wildman–Crippen MR) is 82.1 cm³/mol. The van der Waals surface area contributed by atoms with Crippen molar-refractivity contribution in [2.75, 3.05) is 26.2 Å². The van der Waals surface area contributed by atoms with Gasteiger partial charge in [-0.3, -0.25) is 0 Å². The fourth-order valence-corrected chi connectivity index (χ4v) is 2.92. The summed E-state index contributed by atoms with van der Waals surface area (Å²) in [6, 6.07) is 9.11. The number of β-amino-alcohol motifs (C(OH)–C–C–N with tert-alkyl or cyclic N) is 1. The van der Waals surface area contributed by atoms with Gasteiger partial charge in [0.15, 0.2) is 0 Å². The number of rotatable bonds is 7. The number of benzene rings is 1. The summed E-state index contributed by atoms with van der Waals surface area (Å²) in [6.45, 7) is 5.32. The Balaban J connectivity index is 1.72. The van der Waals surface area contributed by atoms with E-state index in [1.54, 1.807) is 24.3 Å². The number of ether oxygens (including phenoxy) is 1. The van der Waals surface area contributed by atoms with Gasteiger partial charge < -0.3 is 14.7 Å². The maximum atomic E-state index is 10.1. The van der Waals surface area contributed by atoms with E-state index < -0.39 is 6.10 Å². The number of aliphatic hydroxyl groups is 1. The van der Waals surface area contributed by atoms with E-state index in [1.807, 2.05) is 0 Å². The number of hydrogen-bond acceptors (Lipinski definition) is 4. The average molecular weight is 288 g/mol. The Morgan fingerprint density at radius 2 is 2.38 bits per heavy atom. The SMILES string of the molecule is CCCC1CCN(CC(O)COc2cccc(C#N)c2)C1. The molecule has 114 valence electrons. The van der Waals surface area contributed by atoms with Crippen LogP contribution in [0.5, 0.6) is 5.75 Å². The van der Waals surface area contributed by atoms with Gasteiger partial charge in [-0.15, -0.1) is 0 Å². The van der Waals surface area contributed by atoms with Crippen LogP contribution in [0, 0.1) is 17.2 Å². The van der Waals surface area contributed by atoms with Gasteiger partial charge in [0.05, 0.1) is 11.6 Å². The third kappa shape index (κ3) is 5.04. The molecule has 0 amide bonds. The second kappa shape index (κ2) is 8.02. The van der Waals surface area contributed by atoms with Gasteiger partial charge in [0.1, 0.15) is 18.5 Å². The molecule has 1 aromatic carbocycles. The van der Waals surface area contributed by atoms with E-state index in [2.05, 4.69) is 17.9 Å². The number of hydrogen-bond donors (Lipinski definition) is 1. The van der Waals surface area contributed by atoms with Crippen LogP contribution < -0.4 is 4.74 Å². The monoisotopic (exact) mass is 288 g/mol. The van der Waals surface area contributed by atoms with E-state index in [4.69, 9.17) is 10.00 Å². The fourth-order valence-electron chi connectivity index (χ4n) is 2.92. The molecular formula is C17H24N2O2. The molecule has 0 bridgehead atoms. The Morgan fingerprint density at radius 1 is 1.52 bits per heavy atom. The van der Waals surface area contributed by atoms with Gasteiger partial charge in [0.2, 0.25) is 0 Å². The summed E-state index contributed by atoms with van der Waals surface area (Å²) in [5, 5.41) is 18.9. The van der Waals surface area contributed by atoms with E-state index in [0.29, 0.717) is 17.9 Å². The van der Waals surface area contributed by atoms with Crippen LogP contribution in [-0.2, 0) is 0 Å². The molecule has 1 saturated heterocycles. The van der Waals surface area contributed by atoms with Crippen LogP contribution in [0.25, 0.3) is 0 Å². The molecule has 4 nitrogen and oxygen atoms in total. The van der Waals surface area contributed by atoms with Gasteiger partial charge in [-0.25, -0.2) is 0 Å². The molecule has 2 unspecified atom stereocenters. The van der Waals surface area contributed by atoms with Crippen molar-refractivity contribution in [3.63, 3.8) is 0 Å². The van der Waals surface area contributed by atoms with Crippen LogP contribution in [0.3, 0.4) is 0 Å². The molecule has 4 heteroatoms. The second-order valence-corrected chi connectivity index (χ2v) is 5.81. The predicted octanol–water partition coefficient (Wildman–Crippen LogP) is 2.42. The summed E-state index contributed by atoms with van der Waals surface area (Å²) in [7, 11) is 0. The number of nitriles is 1. The number of nitrogens with zero attached hydrogens (tertiary/aromatic N) is 2. The molecular weight excluding hydrogens is 264 g/mol. The summed E-state index contributed by atoms with van der Waals surface area (Å²) in [5.41, 5.74) is 0.573. The Kier molecular flexibility index (Phi) is 6.04. The van der Waals surface area contributed by atoms with E-state index in [0.717, 1.165) is 19.0 Å². The Bertz CT molecular complexity index is 484. The first-order chi connectivity index (χ1) is 10.2. The summed E-state index contributed by atoms with van der Waals surface area (Å²) >= 11 is 0. The molecule has 21 heavy (non-hydrogen) atoms. The summed E-state index contributed by atoms with van der Waals surface area (Å²) in [4.78, 5) is 2.32. The lowest BCUT2D eigenvalue weighted by Crippen LogP contribution is -2.34. The van der Waals surface area contributed by atoms with Crippen molar-refractivity contribution in [1.29, 1.82) is 5.26 Å². The Hall–Kier alpha value is -1.57. The zero-order chi connectivity index (χ0) is 15.1.